The van der Waals surface area contributed by atoms with Gasteiger partial charge in [-0.05, 0) is 28.8 Å². The number of benzene rings is 2. The van der Waals surface area contributed by atoms with E-state index in [1.165, 1.54) is 11.1 Å². The number of nitrogens with zero attached hydrogens (tertiary/aromatic N) is 1. The predicted octanol–water partition coefficient (Wildman–Crippen LogP) is 3.92. The smallest absolute Gasteiger partial charge is 0.190 e. The molecule has 3 nitrogen and oxygen atoms in total. The zero-order chi connectivity index (χ0) is 14.4. The van der Waals surface area contributed by atoms with Gasteiger partial charge in [0, 0.05) is 25.7 Å². The lowest BCUT2D eigenvalue weighted by atomic mass is 10.00. The van der Waals surface area contributed by atoms with Crippen LogP contribution < -0.4 is 10.6 Å². The van der Waals surface area contributed by atoms with Crippen molar-refractivity contribution in [2.45, 2.75) is 6.54 Å². The highest BCUT2D eigenvalue weighted by molar-refractivity contribution is 14.0. The fraction of sp³-hybridized carbons (Fsp3) is 0.188. The van der Waals surface area contributed by atoms with Gasteiger partial charge in [-0.2, -0.15) is 0 Å². The molecule has 0 saturated carbocycles. The second-order valence-corrected chi connectivity index (χ2v) is 4.78. The Hall–Kier alpha value is -1.27. The van der Waals surface area contributed by atoms with Gasteiger partial charge in [-0.1, -0.05) is 48.0 Å². The van der Waals surface area contributed by atoms with E-state index in [1.807, 2.05) is 43.4 Å². The molecule has 112 valence electrons. The zero-order valence-corrected chi connectivity index (χ0v) is 15.1. The molecule has 0 atom stereocenters. The molecule has 2 aromatic rings. The summed E-state index contributed by atoms with van der Waals surface area (Å²) in [7, 11) is 3.60. The fourth-order valence-electron chi connectivity index (χ4n) is 2.04. The lowest BCUT2D eigenvalue weighted by Crippen LogP contribution is -2.34. The van der Waals surface area contributed by atoms with Gasteiger partial charge in [0.2, 0.25) is 0 Å². The topological polar surface area (TPSA) is 36.4 Å². The molecule has 0 aliphatic heterocycles. The molecule has 0 amide bonds. The van der Waals surface area contributed by atoms with Crippen LogP contribution in [0.15, 0.2) is 53.5 Å². The first-order chi connectivity index (χ1) is 9.74. The van der Waals surface area contributed by atoms with E-state index in [4.69, 9.17) is 11.6 Å². The molecule has 2 rings (SSSR count). The molecular formula is C16H19ClIN3. The van der Waals surface area contributed by atoms with Crippen LogP contribution >= 0.6 is 35.6 Å². The number of nitrogens with one attached hydrogen (secondary N) is 2. The van der Waals surface area contributed by atoms with Crippen LogP contribution in [0.25, 0.3) is 11.1 Å². The Morgan fingerprint density at radius 3 is 2.38 bits per heavy atom. The zero-order valence-electron chi connectivity index (χ0n) is 12.1. The van der Waals surface area contributed by atoms with Gasteiger partial charge in [0.05, 0.1) is 0 Å². The number of guanidine groups is 1. The standard InChI is InChI=1S/C16H18ClN3.HI/c1-18-16(19-2)20-11-13-5-3-4-6-15(13)12-7-9-14(17)10-8-12;/h3-10H,11H2,1-2H3,(H2,18,19,20);1H. The summed E-state index contributed by atoms with van der Waals surface area (Å²) in [5, 5.41) is 7.03. The van der Waals surface area contributed by atoms with Crippen LogP contribution in [0.3, 0.4) is 0 Å². The Morgan fingerprint density at radius 1 is 1.10 bits per heavy atom. The van der Waals surface area contributed by atoms with Crippen LogP contribution in [0.2, 0.25) is 5.02 Å². The molecule has 0 bridgehead atoms. The number of hydrogen-bond acceptors (Lipinski definition) is 1. The van der Waals surface area contributed by atoms with Crippen molar-refractivity contribution in [3.63, 3.8) is 0 Å². The van der Waals surface area contributed by atoms with E-state index in [-0.39, 0.29) is 24.0 Å². The molecule has 0 heterocycles. The molecule has 0 unspecified atom stereocenters. The third-order valence-corrected chi connectivity index (χ3v) is 3.33. The molecule has 0 radical (unpaired) electrons. The summed E-state index contributed by atoms with van der Waals surface area (Å²) in [5.41, 5.74) is 3.57. The van der Waals surface area contributed by atoms with E-state index >= 15 is 0 Å². The number of hydrogen-bond donors (Lipinski definition) is 2. The predicted molar refractivity (Wildman–Crippen MR) is 102 cm³/mol. The summed E-state index contributed by atoms with van der Waals surface area (Å²) >= 11 is 5.94. The van der Waals surface area contributed by atoms with Crippen molar-refractivity contribution in [3.05, 3.63) is 59.1 Å². The summed E-state index contributed by atoms with van der Waals surface area (Å²) in [5.74, 6) is 0.774. The Bertz CT molecular complexity index is 597. The van der Waals surface area contributed by atoms with Gasteiger partial charge in [-0.15, -0.1) is 24.0 Å². The highest BCUT2D eigenvalue weighted by Gasteiger charge is 2.05. The van der Waals surface area contributed by atoms with Gasteiger partial charge >= 0.3 is 0 Å². The first-order valence-corrected chi connectivity index (χ1v) is 6.84. The van der Waals surface area contributed by atoms with Gasteiger partial charge in [0.15, 0.2) is 5.96 Å². The maximum atomic E-state index is 5.94. The van der Waals surface area contributed by atoms with E-state index in [0.717, 1.165) is 16.5 Å². The molecule has 0 fully saturated rings. The molecule has 0 aliphatic rings. The van der Waals surface area contributed by atoms with Crippen molar-refractivity contribution in [2.75, 3.05) is 14.1 Å². The van der Waals surface area contributed by atoms with Crippen LogP contribution in [-0.4, -0.2) is 20.1 Å². The largest absolute Gasteiger partial charge is 0.359 e. The molecule has 0 spiro atoms. The summed E-state index contributed by atoms with van der Waals surface area (Å²) < 4.78 is 0. The summed E-state index contributed by atoms with van der Waals surface area (Å²) in [4.78, 5) is 4.11. The van der Waals surface area contributed by atoms with Gasteiger partial charge < -0.3 is 10.6 Å². The molecular weight excluding hydrogens is 397 g/mol. The Balaban J connectivity index is 0.00000220. The van der Waals surface area contributed by atoms with Crippen LogP contribution in [0, 0.1) is 0 Å². The molecule has 0 aromatic heterocycles. The molecule has 0 saturated heterocycles. The third-order valence-electron chi connectivity index (χ3n) is 3.08. The Morgan fingerprint density at radius 2 is 1.76 bits per heavy atom. The minimum absolute atomic E-state index is 0. The van der Waals surface area contributed by atoms with Gasteiger partial charge in [-0.3, -0.25) is 4.99 Å². The monoisotopic (exact) mass is 415 g/mol. The van der Waals surface area contributed by atoms with Gasteiger partial charge in [-0.25, -0.2) is 0 Å². The van der Waals surface area contributed by atoms with Gasteiger partial charge in [0.25, 0.3) is 0 Å². The Labute approximate surface area is 147 Å². The molecule has 2 aromatic carbocycles. The number of rotatable bonds is 3. The van der Waals surface area contributed by atoms with Crippen LogP contribution in [0.4, 0.5) is 0 Å². The van der Waals surface area contributed by atoms with E-state index in [0.29, 0.717) is 6.54 Å². The molecule has 5 heteroatoms. The van der Waals surface area contributed by atoms with E-state index in [2.05, 4.69) is 27.8 Å². The van der Waals surface area contributed by atoms with E-state index in [1.54, 1.807) is 7.05 Å². The minimum atomic E-state index is 0. The maximum Gasteiger partial charge on any atom is 0.190 e. The summed E-state index contributed by atoms with van der Waals surface area (Å²) in [6.07, 6.45) is 0. The summed E-state index contributed by atoms with van der Waals surface area (Å²) in [6, 6.07) is 16.2. The van der Waals surface area contributed by atoms with Crippen molar-refractivity contribution in [3.8, 4) is 11.1 Å². The van der Waals surface area contributed by atoms with Crippen molar-refractivity contribution in [1.82, 2.24) is 10.6 Å². The van der Waals surface area contributed by atoms with Crippen molar-refractivity contribution < 1.29 is 0 Å². The average Bonchev–Trinajstić information content (AvgIpc) is 2.50. The highest BCUT2D eigenvalue weighted by atomic mass is 127. The second kappa shape index (κ2) is 8.89. The SMILES string of the molecule is CN=C(NC)NCc1ccccc1-c1ccc(Cl)cc1.I. The lowest BCUT2D eigenvalue weighted by Gasteiger charge is -2.12. The van der Waals surface area contributed by atoms with Crippen LogP contribution in [0.1, 0.15) is 5.56 Å². The molecule has 2 N–H and O–H groups in total. The maximum absolute atomic E-state index is 5.94. The van der Waals surface area contributed by atoms with E-state index < -0.39 is 0 Å². The second-order valence-electron chi connectivity index (χ2n) is 4.34. The van der Waals surface area contributed by atoms with Crippen molar-refractivity contribution in [1.29, 1.82) is 0 Å². The van der Waals surface area contributed by atoms with Crippen LogP contribution in [-0.2, 0) is 6.54 Å². The first kappa shape index (κ1) is 17.8. The molecule has 21 heavy (non-hydrogen) atoms. The number of halogens is 2. The van der Waals surface area contributed by atoms with E-state index in [9.17, 15) is 0 Å². The van der Waals surface area contributed by atoms with Gasteiger partial charge in [0.1, 0.15) is 0 Å². The van der Waals surface area contributed by atoms with Crippen molar-refractivity contribution in [2.24, 2.45) is 4.99 Å². The Kier molecular flexibility index (Phi) is 7.53. The van der Waals surface area contributed by atoms with Crippen LogP contribution in [0.5, 0.6) is 0 Å². The summed E-state index contributed by atoms with van der Waals surface area (Å²) in [6.45, 7) is 0.715. The highest BCUT2D eigenvalue weighted by Crippen LogP contribution is 2.25. The number of aliphatic imine (C=N–C) groups is 1. The normalized spacial score (nSPS) is 10.7. The quantitative estimate of drug-likeness (QED) is 0.453. The average molecular weight is 416 g/mol. The fourth-order valence-corrected chi connectivity index (χ4v) is 2.17. The minimum Gasteiger partial charge on any atom is -0.359 e. The molecule has 0 aliphatic carbocycles. The lowest BCUT2D eigenvalue weighted by molar-refractivity contribution is 0.867. The third kappa shape index (κ3) is 4.89. The van der Waals surface area contributed by atoms with Crippen molar-refractivity contribution >= 4 is 41.5 Å². The first-order valence-electron chi connectivity index (χ1n) is 6.47.